The smallest absolute Gasteiger partial charge is 0.256 e. The molecule has 2 N–H and O–H groups in total. The van der Waals surface area contributed by atoms with Crippen molar-refractivity contribution in [1.29, 1.82) is 0 Å². The molecule has 1 fully saturated rings. The van der Waals surface area contributed by atoms with E-state index in [2.05, 4.69) is 10.3 Å². The number of aromatic amines is 1. The van der Waals surface area contributed by atoms with Gasteiger partial charge in [-0.2, -0.15) is 0 Å². The highest BCUT2D eigenvalue weighted by atomic mass is 19.1. The monoisotopic (exact) mass is 273 g/mol. The Kier molecular flexibility index (Phi) is 3.52. The molecule has 104 valence electrons. The van der Waals surface area contributed by atoms with Crippen molar-refractivity contribution in [2.24, 2.45) is 0 Å². The van der Waals surface area contributed by atoms with Gasteiger partial charge in [0.15, 0.2) is 0 Å². The number of benzene rings is 1. The zero-order chi connectivity index (χ0) is 13.9. The minimum Gasteiger partial charge on any atom is -0.366 e. The Hall–Kier alpha value is -2.14. The number of hydrogen-bond acceptors (Lipinski definition) is 2. The molecule has 0 bridgehead atoms. The van der Waals surface area contributed by atoms with E-state index < -0.39 is 0 Å². The van der Waals surface area contributed by atoms with Crippen LogP contribution in [-0.2, 0) is 0 Å². The third kappa shape index (κ3) is 2.44. The van der Waals surface area contributed by atoms with E-state index in [0.717, 1.165) is 24.2 Å². The molecule has 1 amide bonds. The Labute approximate surface area is 116 Å². The first-order valence-corrected chi connectivity index (χ1v) is 6.68. The minimum atomic E-state index is -0.278. The molecule has 1 aliphatic heterocycles. The van der Waals surface area contributed by atoms with Crippen molar-refractivity contribution in [3.63, 3.8) is 0 Å². The van der Waals surface area contributed by atoms with Crippen LogP contribution in [0.5, 0.6) is 0 Å². The summed E-state index contributed by atoms with van der Waals surface area (Å²) in [5.74, 6) is -0.258. The van der Waals surface area contributed by atoms with E-state index in [1.165, 1.54) is 12.1 Å². The zero-order valence-electron chi connectivity index (χ0n) is 11.0. The van der Waals surface area contributed by atoms with Gasteiger partial charge in [0.1, 0.15) is 5.82 Å². The summed E-state index contributed by atoms with van der Waals surface area (Å²) < 4.78 is 13.0. The molecule has 0 atom stereocenters. The van der Waals surface area contributed by atoms with Crippen LogP contribution in [0.3, 0.4) is 0 Å². The van der Waals surface area contributed by atoms with Crippen LogP contribution in [0.1, 0.15) is 10.4 Å². The second-order valence-corrected chi connectivity index (χ2v) is 4.83. The predicted molar refractivity (Wildman–Crippen MR) is 75.0 cm³/mol. The molecule has 1 saturated heterocycles. The van der Waals surface area contributed by atoms with E-state index >= 15 is 0 Å². The number of aromatic nitrogens is 1. The Bertz CT molecular complexity index is 600. The fourth-order valence-corrected chi connectivity index (χ4v) is 2.45. The standard InChI is InChI=1S/C15H16FN3O/c16-12-3-1-11(2-4-12)13-9-18-10-14(13)15(20)19-7-5-17-6-8-19/h1-4,9-10,17-18H,5-8H2. The molecule has 3 rings (SSSR count). The van der Waals surface area contributed by atoms with Gasteiger partial charge in [0.2, 0.25) is 0 Å². The van der Waals surface area contributed by atoms with E-state index in [1.54, 1.807) is 24.5 Å². The van der Waals surface area contributed by atoms with Crippen molar-refractivity contribution in [1.82, 2.24) is 15.2 Å². The van der Waals surface area contributed by atoms with Crippen LogP contribution in [0, 0.1) is 5.82 Å². The van der Waals surface area contributed by atoms with Gasteiger partial charge in [-0.3, -0.25) is 4.79 Å². The van der Waals surface area contributed by atoms with Gasteiger partial charge < -0.3 is 15.2 Å². The molecule has 1 aliphatic rings. The largest absolute Gasteiger partial charge is 0.366 e. The normalized spacial score (nSPS) is 15.3. The summed E-state index contributed by atoms with van der Waals surface area (Å²) in [7, 11) is 0. The number of hydrogen-bond donors (Lipinski definition) is 2. The molecule has 5 heteroatoms. The second-order valence-electron chi connectivity index (χ2n) is 4.83. The average Bonchev–Trinajstić information content (AvgIpc) is 2.97. The molecule has 2 heterocycles. The maximum atomic E-state index is 13.0. The lowest BCUT2D eigenvalue weighted by Crippen LogP contribution is -2.46. The molecule has 1 aromatic heterocycles. The summed E-state index contributed by atoms with van der Waals surface area (Å²) in [5, 5.41) is 3.22. The van der Waals surface area contributed by atoms with E-state index in [4.69, 9.17) is 0 Å². The Balaban J connectivity index is 1.89. The topological polar surface area (TPSA) is 48.1 Å². The highest BCUT2D eigenvalue weighted by Crippen LogP contribution is 2.25. The van der Waals surface area contributed by atoms with Crippen LogP contribution >= 0.6 is 0 Å². The third-order valence-corrected chi connectivity index (χ3v) is 3.54. The van der Waals surface area contributed by atoms with Gasteiger partial charge >= 0.3 is 0 Å². The fraction of sp³-hybridized carbons (Fsp3) is 0.267. The predicted octanol–water partition coefficient (Wildman–Crippen LogP) is 1.87. The molecule has 0 spiro atoms. The summed E-state index contributed by atoms with van der Waals surface area (Å²) >= 11 is 0. The summed E-state index contributed by atoms with van der Waals surface area (Å²) in [6, 6.07) is 6.18. The van der Waals surface area contributed by atoms with Crippen LogP contribution < -0.4 is 5.32 Å². The molecular weight excluding hydrogens is 257 g/mol. The molecule has 0 saturated carbocycles. The Morgan fingerprint density at radius 1 is 1.10 bits per heavy atom. The molecule has 0 unspecified atom stereocenters. The molecule has 20 heavy (non-hydrogen) atoms. The minimum absolute atomic E-state index is 0.0204. The highest BCUT2D eigenvalue weighted by Gasteiger charge is 2.21. The number of rotatable bonds is 2. The van der Waals surface area contributed by atoms with Crippen LogP contribution in [-0.4, -0.2) is 42.0 Å². The summed E-state index contributed by atoms with van der Waals surface area (Å²) in [5.41, 5.74) is 2.29. The summed E-state index contributed by atoms with van der Waals surface area (Å²) in [4.78, 5) is 17.3. The van der Waals surface area contributed by atoms with E-state index in [1.807, 2.05) is 4.90 Å². The van der Waals surface area contributed by atoms with E-state index in [0.29, 0.717) is 18.7 Å². The van der Waals surface area contributed by atoms with Crippen molar-refractivity contribution in [3.05, 3.63) is 48.0 Å². The van der Waals surface area contributed by atoms with Crippen molar-refractivity contribution in [3.8, 4) is 11.1 Å². The van der Waals surface area contributed by atoms with Gasteiger partial charge in [-0.15, -0.1) is 0 Å². The van der Waals surface area contributed by atoms with E-state index in [9.17, 15) is 9.18 Å². The lowest BCUT2D eigenvalue weighted by Gasteiger charge is -2.27. The number of piperazine rings is 1. The summed E-state index contributed by atoms with van der Waals surface area (Å²) in [6.45, 7) is 3.07. The first-order chi connectivity index (χ1) is 9.75. The molecule has 4 nitrogen and oxygen atoms in total. The van der Waals surface area contributed by atoms with Crippen LogP contribution in [0.25, 0.3) is 11.1 Å². The van der Waals surface area contributed by atoms with Crippen LogP contribution in [0.15, 0.2) is 36.7 Å². The van der Waals surface area contributed by atoms with Gasteiger partial charge in [0.25, 0.3) is 5.91 Å². The summed E-state index contributed by atoms with van der Waals surface area (Å²) in [6.07, 6.45) is 3.49. The number of amides is 1. The second kappa shape index (κ2) is 5.46. The van der Waals surface area contributed by atoms with Gasteiger partial charge in [-0.25, -0.2) is 4.39 Å². The maximum absolute atomic E-state index is 13.0. The van der Waals surface area contributed by atoms with Gasteiger partial charge in [-0.1, -0.05) is 12.1 Å². The van der Waals surface area contributed by atoms with Crippen molar-refractivity contribution in [2.75, 3.05) is 26.2 Å². The first-order valence-electron chi connectivity index (χ1n) is 6.68. The number of carbonyl (C=O) groups is 1. The first kappa shape index (κ1) is 12.9. The Morgan fingerprint density at radius 3 is 2.50 bits per heavy atom. The van der Waals surface area contributed by atoms with Crippen LogP contribution in [0.2, 0.25) is 0 Å². The van der Waals surface area contributed by atoms with Crippen molar-refractivity contribution in [2.45, 2.75) is 0 Å². The zero-order valence-corrected chi connectivity index (χ0v) is 11.0. The molecule has 2 aromatic rings. The van der Waals surface area contributed by atoms with Gasteiger partial charge in [0.05, 0.1) is 5.56 Å². The van der Waals surface area contributed by atoms with Gasteiger partial charge in [-0.05, 0) is 17.7 Å². The van der Waals surface area contributed by atoms with Gasteiger partial charge in [0, 0.05) is 44.1 Å². The number of carbonyl (C=O) groups excluding carboxylic acids is 1. The average molecular weight is 273 g/mol. The van der Waals surface area contributed by atoms with Crippen molar-refractivity contribution < 1.29 is 9.18 Å². The Morgan fingerprint density at radius 2 is 1.80 bits per heavy atom. The maximum Gasteiger partial charge on any atom is 0.256 e. The SMILES string of the molecule is O=C(c1c[nH]cc1-c1ccc(F)cc1)N1CCNCC1. The lowest BCUT2D eigenvalue weighted by atomic mass is 10.0. The quantitative estimate of drug-likeness (QED) is 0.877. The van der Waals surface area contributed by atoms with E-state index in [-0.39, 0.29) is 11.7 Å². The molecule has 0 aliphatic carbocycles. The van der Waals surface area contributed by atoms with Crippen molar-refractivity contribution >= 4 is 5.91 Å². The number of H-pyrrole nitrogens is 1. The third-order valence-electron chi connectivity index (χ3n) is 3.54. The number of nitrogens with zero attached hydrogens (tertiary/aromatic N) is 1. The molecule has 1 aromatic carbocycles. The number of halogens is 1. The molecular formula is C15H16FN3O. The number of nitrogens with one attached hydrogen (secondary N) is 2. The fourth-order valence-electron chi connectivity index (χ4n) is 2.45. The molecule has 0 radical (unpaired) electrons. The van der Waals surface area contributed by atoms with Crippen LogP contribution in [0.4, 0.5) is 4.39 Å². The lowest BCUT2D eigenvalue weighted by molar-refractivity contribution is 0.0737. The highest BCUT2D eigenvalue weighted by molar-refractivity contribution is 6.00.